The molecule has 8 heteroatoms. The Morgan fingerprint density at radius 3 is 2.46 bits per heavy atom. The summed E-state index contributed by atoms with van der Waals surface area (Å²) in [6.45, 7) is 4.20. The van der Waals surface area contributed by atoms with Crippen molar-refractivity contribution in [3.8, 4) is 0 Å². The summed E-state index contributed by atoms with van der Waals surface area (Å²) in [5.41, 5.74) is 1.90. The maximum absolute atomic E-state index is 12.4. The molecule has 1 fully saturated rings. The number of fused-ring (bicyclic) bond motifs is 1. The lowest BCUT2D eigenvalue weighted by atomic mass is 10.0. The minimum atomic E-state index is -0.670. The number of likely N-dealkylation sites (N-methyl/N-ethyl adjacent to an activating group) is 2. The summed E-state index contributed by atoms with van der Waals surface area (Å²) >= 11 is 0. The van der Waals surface area contributed by atoms with Crippen molar-refractivity contribution >= 4 is 29.9 Å². The number of imide groups is 1. The molecule has 26 heavy (non-hydrogen) atoms. The fourth-order valence-electron chi connectivity index (χ4n) is 3.16. The second-order valence-corrected chi connectivity index (χ2v) is 6.91. The fourth-order valence-corrected chi connectivity index (χ4v) is 3.16. The van der Waals surface area contributed by atoms with Crippen LogP contribution in [0.1, 0.15) is 25.3 Å². The molecule has 2 heterocycles. The Balaban J connectivity index is 1.65. The molecule has 2 atom stereocenters. The summed E-state index contributed by atoms with van der Waals surface area (Å²) in [6.07, 6.45) is 0.877. The van der Waals surface area contributed by atoms with E-state index in [0.717, 1.165) is 4.90 Å². The largest absolute Gasteiger partial charge is 0.338 e. The van der Waals surface area contributed by atoms with Crippen LogP contribution in [0.15, 0.2) is 29.3 Å². The molecule has 0 aromatic heterocycles. The molecule has 0 radical (unpaired) electrons. The van der Waals surface area contributed by atoms with E-state index in [4.69, 9.17) is 0 Å². The lowest BCUT2D eigenvalue weighted by Crippen LogP contribution is -2.64. The van der Waals surface area contributed by atoms with Crippen molar-refractivity contribution in [3.63, 3.8) is 0 Å². The topological polar surface area (TPSA) is 85.3 Å². The monoisotopic (exact) mass is 357 g/mol. The first-order chi connectivity index (χ1) is 12.3. The van der Waals surface area contributed by atoms with Crippen LogP contribution in [0.2, 0.25) is 0 Å². The number of aliphatic imine (C=N–C) groups is 1. The number of rotatable bonds is 4. The smallest absolute Gasteiger partial charge is 0.328 e. The van der Waals surface area contributed by atoms with Crippen molar-refractivity contribution in [3.05, 3.63) is 29.8 Å². The van der Waals surface area contributed by atoms with Crippen molar-refractivity contribution < 1.29 is 14.4 Å². The molecule has 4 amide bonds. The van der Waals surface area contributed by atoms with Crippen molar-refractivity contribution in [2.75, 3.05) is 26.0 Å². The summed E-state index contributed by atoms with van der Waals surface area (Å²) in [6, 6.07) is 6.61. The molecule has 0 saturated carbocycles. The van der Waals surface area contributed by atoms with Crippen molar-refractivity contribution in [2.45, 2.75) is 32.0 Å². The first kappa shape index (κ1) is 17.9. The highest BCUT2D eigenvalue weighted by Gasteiger charge is 2.48. The van der Waals surface area contributed by atoms with Gasteiger partial charge in [-0.1, -0.05) is 26.0 Å². The van der Waals surface area contributed by atoms with E-state index in [-0.39, 0.29) is 18.4 Å². The number of amides is 4. The van der Waals surface area contributed by atoms with Crippen LogP contribution in [0.3, 0.4) is 0 Å². The minimum Gasteiger partial charge on any atom is -0.338 e. The zero-order valence-corrected chi connectivity index (χ0v) is 15.3. The average molecular weight is 357 g/mol. The third-order valence-corrected chi connectivity index (χ3v) is 4.76. The third kappa shape index (κ3) is 3.14. The lowest BCUT2D eigenvalue weighted by Gasteiger charge is -2.39. The van der Waals surface area contributed by atoms with Crippen LogP contribution in [-0.2, 0) is 9.59 Å². The number of urea groups is 1. The molecular formula is C18H23N5O3. The summed E-state index contributed by atoms with van der Waals surface area (Å²) in [5, 5.41) is 2.83. The normalized spacial score (nSPS) is 22.3. The van der Waals surface area contributed by atoms with Crippen LogP contribution in [0.4, 0.5) is 10.5 Å². The SMILES string of the molecule is CC(C)c1ccc(NC(=O)CN2C=NC3C2C(=O)N(C)C(=O)N3C)cc1. The summed E-state index contributed by atoms with van der Waals surface area (Å²) < 4.78 is 0. The summed E-state index contributed by atoms with van der Waals surface area (Å²) in [4.78, 5) is 45.1. The number of carbonyl (C=O) groups excluding carboxylic acids is 3. The van der Waals surface area contributed by atoms with E-state index in [1.807, 2.05) is 24.3 Å². The van der Waals surface area contributed by atoms with Gasteiger partial charge in [-0.25, -0.2) is 9.79 Å². The molecule has 2 aliphatic heterocycles. The van der Waals surface area contributed by atoms with Gasteiger partial charge in [-0.3, -0.25) is 14.5 Å². The van der Waals surface area contributed by atoms with E-state index >= 15 is 0 Å². The number of benzene rings is 1. The van der Waals surface area contributed by atoms with E-state index in [9.17, 15) is 14.4 Å². The van der Waals surface area contributed by atoms with Gasteiger partial charge in [-0.15, -0.1) is 0 Å². The molecule has 1 N–H and O–H groups in total. The standard InChI is InChI=1S/C18H23N5O3/c1-11(2)12-5-7-13(8-6-12)20-14(24)9-23-10-19-16-15(23)17(25)22(4)18(26)21(16)3/h5-8,10-11,15-16H,9H2,1-4H3,(H,20,24). The summed E-state index contributed by atoms with van der Waals surface area (Å²) in [7, 11) is 3.03. The fraction of sp³-hybridized carbons (Fsp3) is 0.444. The maximum Gasteiger partial charge on any atom is 0.328 e. The second-order valence-electron chi connectivity index (χ2n) is 6.91. The highest BCUT2D eigenvalue weighted by molar-refractivity contribution is 6.02. The van der Waals surface area contributed by atoms with Gasteiger partial charge in [0.2, 0.25) is 5.91 Å². The second kappa shape index (κ2) is 6.78. The van der Waals surface area contributed by atoms with Gasteiger partial charge in [0.15, 0.2) is 12.2 Å². The Labute approximate surface area is 152 Å². The van der Waals surface area contributed by atoms with Gasteiger partial charge < -0.3 is 15.1 Å². The van der Waals surface area contributed by atoms with Crippen LogP contribution >= 0.6 is 0 Å². The molecule has 2 unspecified atom stereocenters. The first-order valence-electron chi connectivity index (χ1n) is 8.53. The zero-order valence-electron chi connectivity index (χ0n) is 15.3. The van der Waals surface area contributed by atoms with Gasteiger partial charge >= 0.3 is 6.03 Å². The van der Waals surface area contributed by atoms with Crippen LogP contribution < -0.4 is 5.32 Å². The molecule has 2 aliphatic rings. The molecule has 1 aromatic carbocycles. The van der Waals surface area contributed by atoms with Crippen molar-refractivity contribution in [1.82, 2.24) is 14.7 Å². The quantitative estimate of drug-likeness (QED) is 0.880. The van der Waals surface area contributed by atoms with E-state index in [2.05, 4.69) is 24.2 Å². The van der Waals surface area contributed by atoms with Gasteiger partial charge in [-0.05, 0) is 23.6 Å². The Hall–Kier alpha value is -2.90. The Kier molecular flexibility index (Phi) is 4.67. The maximum atomic E-state index is 12.4. The van der Waals surface area contributed by atoms with Crippen molar-refractivity contribution in [2.24, 2.45) is 4.99 Å². The molecule has 3 rings (SSSR count). The van der Waals surface area contributed by atoms with E-state index < -0.39 is 18.2 Å². The first-order valence-corrected chi connectivity index (χ1v) is 8.53. The molecule has 0 aliphatic carbocycles. The number of nitrogens with one attached hydrogen (secondary N) is 1. The molecule has 1 aromatic rings. The number of hydrogen-bond donors (Lipinski definition) is 1. The van der Waals surface area contributed by atoms with Gasteiger partial charge in [0.1, 0.15) is 0 Å². The van der Waals surface area contributed by atoms with Gasteiger partial charge in [-0.2, -0.15) is 0 Å². The molecule has 0 spiro atoms. The lowest BCUT2D eigenvalue weighted by molar-refractivity contribution is -0.136. The molecular weight excluding hydrogens is 334 g/mol. The van der Waals surface area contributed by atoms with Crippen molar-refractivity contribution in [1.29, 1.82) is 0 Å². The number of carbonyl (C=O) groups is 3. The molecule has 8 nitrogen and oxygen atoms in total. The van der Waals surface area contributed by atoms with Crippen LogP contribution in [0.25, 0.3) is 0 Å². The van der Waals surface area contributed by atoms with Crippen LogP contribution in [-0.4, -0.2) is 71.7 Å². The highest BCUT2D eigenvalue weighted by atomic mass is 16.2. The molecule has 138 valence electrons. The van der Waals surface area contributed by atoms with Crippen LogP contribution in [0, 0.1) is 0 Å². The van der Waals surface area contributed by atoms with Crippen LogP contribution in [0.5, 0.6) is 0 Å². The number of anilines is 1. The Morgan fingerprint density at radius 2 is 1.85 bits per heavy atom. The predicted octanol–water partition coefficient (Wildman–Crippen LogP) is 1.31. The number of nitrogens with zero attached hydrogens (tertiary/aromatic N) is 4. The van der Waals surface area contributed by atoms with E-state index in [1.54, 1.807) is 11.9 Å². The summed E-state index contributed by atoms with van der Waals surface area (Å²) in [5.74, 6) is -0.180. The van der Waals surface area contributed by atoms with Gasteiger partial charge in [0.05, 0.1) is 12.9 Å². The highest BCUT2D eigenvalue weighted by Crippen LogP contribution is 2.24. The Morgan fingerprint density at radius 1 is 1.19 bits per heavy atom. The molecule has 0 bridgehead atoms. The van der Waals surface area contributed by atoms with Gasteiger partial charge in [0.25, 0.3) is 5.91 Å². The minimum absolute atomic E-state index is 0.0157. The Bertz CT molecular complexity index is 759. The van der Waals surface area contributed by atoms with E-state index in [1.165, 1.54) is 23.8 Å². The van der Waals surface area contributed by atoms with Gasteiger partial charge in [0, 0.05) is 19.8 Å². The molecule has 1 saturated heterocycles. The average Bonchev–Trinajstić information content (AvgIpc) is 3.02. The number of hydrogen-bond acceptors (Lipinski definition) is 5. The van der Waals surface area contributed by atoms with E-state index in [0.29, 0.717) is 11.6 Å². The predicted molar refractivity (Wildman–Crippen MR) is 97.9 cm³/mol. The third-order valence-electron chi connectivity index (χ3n) is 4.76. The zero-order chi connectivity index (χ0) is 19.0.